The maximum absolute atomic E-state index is 10.1. The van der Waals surface area contributed by atoms with Crippen LogP contribution in [0.25, 0.3) is 0 Å². The molecule has 1 aliphatic heterocycles. The van der Waals surface area contributed by atoms with Crippen LogP contribution >= 0.6 is 0 Å². The summed E-state index contributed by atoms with van der Waals surface area (Å²) < 4.78 is 10.9. The zero-order chi connectivity index (χ0) is 10.1. The quantitative estimate of drug-likeness (QED) is 0.726. The molecular weight excluding hydrogens is 168 g/mol. The molecule has 3 atom stereocenters. The van der Waals surface area contributed by atoms with Gasteiger partial charge in [0.2, 0.25) is 0 Å². The van der Waals surface area contributed by atoms with Crippen LogP contribution in [-0.4, -0.2) is 35.6 Å². The Bertz CT molecular complexity index is 170. The predicted molar refractivity (Wildman–Crippen MR) is 50.7 cm³/mol. The lowest BCUT2D eigenvalue weighted by atomic mass is 9.96. The number of ether oxygens (including phenoxy) is 2. The first-order valence-corrected chi connectivity index (χ1v) is 4.93. The molecule has 0 saturated carbocycles. The second-order valence-corrected chi connectivity index (χ2v) is 4.26. The third kappa shape index (κ3) is 2.66. The summed E-state index contributed by atoms with van der Waals surface area (Å²) in [6.07, 6.45) is 0.838. The van der Waals surface area contributed by atoms with Gasteiger partial charge in [0, 0.05) is 6.42 Å². The lowest BCUT2D eigenvalue weighted by Crippen LogP contribution is -2.41. The van der Waals surface area contributed by atoms with Gasteiger partial charge in [0.05, 0.1) is 24.9 Å². The summed E-state index contributed by atoms with van der Waals surface area (Å²) in [5.41, 5.74) is -0.788. The molecule has 0 radical (unpaired) electrons. The Morgan fingerprint density at radius 1 is 1.54 bits per heavy atom. The van der Waals surface area contributed by atoms with Gasteiger partial charge >= 0.3 is 0 Å². The van der Waals surface area contributed by atoms with Gasteiger partial charge < -0.3 is 14.6 Å². The van der Waals surface area contributed by atoms with E-state index in [2.05, 4.69) is 0 Å². The fourth-order valence-electron chi connectivity index (χ4n) is 1.67. The van der Waals surface area contributed by atoms with E-state index < -0.39 is 5.60 Å². The van der Waals surface area contributed by atoms with Crippen molar-refractivity contribution in [2.75, 3.05) is 6.61 Å². The van der Waals surface area contributed by atoms with E-state index in [4.69, 9.17) is 9.47 Å². The topological polar surface area (TPSA) is 38.7 Å². The maximum atomic E-state index is 10.1. The van der Waals surface area contributed by atoms with Crippen LogP contribution in [0, 0.1) is 0 Å². The fraction of sp³-hybridized carbons (Fsp3) is 1.00. The lowest BCUT2D eigenvalue weighted by Gasteiger charge is -2.26. The third-order valence-corrected chi connectivity index (χ3v) is 2.50. The molecule has 0 aromatic heterocycles. The Morgan fingerprint density at radius 2 is 2.15 bits per heavy atom. The van der Waals surface area contributed by atoms with Crippen molar-refractivity contribution in [2.24, 2.45) is 0 Å². The van der Waals surface area contributed by atoms with E-state index in [9.17, 15) is 5.11 Å². The van der Waals surface area contributed by atoms with Crippen LogP contribution in [0.2, 0.25) is 0 Å². The zero-order valence-corrected chi connectivity index (χ0v) is 8.91. The SMILES string of the molecule is CC(C)OCC1(O)CC(C)OC1C. The van der Waals surface area contributed by atoms with Gasteiger partial charge in [-0.25, -0.2) is 0 Å². The molecule has 0 spiro atoms. The Hall–Kier alpha value is -0.120. The fourth-order valence-corrected chi connectivity index (χ4v) is 1.67. The molecule has 13 heavy (non-hydrogen) atoms. The third-order valence-electron chi connectivity index (χ3n) is 2.50. The highest BCUT2D eigenvalue weighted by atomic mass is 16.5. The van der Waals surface area contributed by atoms with Crippen LogP contribution in [0.4, 0.5) is 0 Å². The second-order valence-electron chi connectivity index (χ2n) is 4.26. The first-order valence-electron chi connectivity index (χ1n) is 4.93. The van der Waals surface area contributed by atoms with E-state index in [1.807, 2.05) is 27.7 Å². The molecule has 0 bridgehead atoms. The summed E-state index contributed by atoms with van der Waals surface area (Å²) >= 11 is 0. The van der Waals surface area contributed by atoms with Gasteiger partial charge in [0.15, 0.2) is 0 Å². The second kappa shape index (κ2) is 3.95. The zero-order valence-electron chi connectivity index (χ0n) is 8.91. The summed E-state index contributed by atoms with van der Waals surface area (Å²) in [4.78, 5) is 0. The monoisotopic (exact) mass is 188 g/mol. The van der Waals surface area contributed by atoms with Gasteiger partial charge in [-0.05, 0) is 27.7 Å². The Kier molecular flexibility index (Phi) is 3.33. The highest BCUT2D eigenvalue weighted by molar-refractivity contribution is 4.92. The van der Waals surface area contributed by atoms with Crippen molar-refractivity contribution in [3.63, 3.8) is 0 Å². The summed E-state index contributed by atoms with van der Waals surface area (Å²) in [7, 11) is 0. The molecular formula is C10H20O3. The van der Waals surface area contributed by atoms with Crippen LogP contribution in [0.1, 0.15) is 34.1 Å². The molecule has 1 aliphatic rings. The standard InChI is InChI=1S/C10H20O3/c1-7(2)12-6-10(11)5-8(3)13-9(10)4/h7-9,11H,5-6H2,1-4H3. The van der Waals surface area contributed by atoms with Crippen molar-refractivity contribution in [1.29, 1.82) is 0 Å². The average Bonchev–Trinajstić information content (AvgIpc) is 2.23. The van der Waals surface area contributed by atoms with Gasteiger partial charge in [-0.2, -0.15) is 0 Å². The minimum atomic E-state index is -0.788. The van der Waals surface area contributed by atoms with Crippen LogP contribution in [0.5, 0.6) is 0 Å². The van der Waals surface area contributed by atoms with Crippen LogP contribution < -0.4 is 0 Å². The van der Waals surface area contributed by atoms with E-state index >= 15 is 0 Å². The molecule has 1 fully saturated rings. The number of hydrogen-bond donors (Lipinski definition) is 1. The first-order chi connectivity index (χ1) is 5.94. The van der Waals surface area contributed by atoms with Gasteiger partial charge in [-0.1, -0.05) is 0 Å². The molecule has 3 nitrogen and oxygen atoms in total. The van der Waals surface area contributed by atoms with Gasteiger partial charge in [0.1, 0.15) is 5.60 Å². The Labute approximate surface area is 80.0 Å². The van der Waals surface area contributed by atoms with E-state index in [1.54, 1.807) is 0 Å². The van der Waals surface area contributed by atoms with Gasteiger partial charge in [-0.3, -0.25) is 0 Å². The number of hydrogen-bond acceptors (Lipinski definition) is 3. The maximum Gasteiger partial charge on any atom is 0.116 e. The van der Waals surface area contributed by atoms with Gasteiger partial charge in [0.25, 0.3) is 0 Å². The van der Waals surface area contributed by atoms with Crippen LogP contribution in [-0.2, 0) is 9.47 Å². The summed E-state index contributed by atoms with van der Waals surface area (Å²) in [6.45, 7) is 8.17. The summed E-state index contributed by atoms with van der Waals surface area (Å²) in [6, 6.07) is 0. The van der Waals surface area contributed by atoms with Gasteiger partial charge in [-0.15, -0.1) is 0 Å². The molecule has 3 heteroatoms. The number of rotatable bonds is 3. The average molecular weight is 188 g/mol. The molecule has 0 aromatic rings. The van der Waals surface area contributed by atoms with Crippen molar-refractivity contribution in [3.05, 3.63) is 0 Å². The normalized spacial score (nSPS) is 40.2. The highest BCUT2D eigenvalue weighted by Crippen LogP contribution is 2.30. The van der Waals surface area contributed by atoms with Crippen molar-refractivity contribution in [3.8, 4) is 0 Å². The Morgan fingerprint density at radius 3 is 2.54 bits per heavy atom. The van der Waals surface area contributed by atoms with E-state index in [0.29, 0.717) is 13.0 Å². The summed E-state index contributed by atoms with van der Waals surface area (Å²) in [5, 5.41) is 10.1. The van der Waals surface area contributed by atoms with E-state index in [-0.39, 0.29) is 18.3 Å². The molecule has 1 N–H and O–H groups in total. The van der Waals surface area contributed by atoms with Crippen molar-refractivity contribution in [1.82, 2.24) is 0 Å². The number of aliphatic hydroxyl groups is 1. The van der Waals surface area contributed by atoms with Crippen LogP contribution in [0.3, 0.4) is 0 Å². The molecule has 1 saturated heterocycles. The van der Waals surface area contributed by atoms with E-state index in [0.717, 1.165) is 0 Å². The minimum Gasteiger partial charge on any atom is -0.385 e. The largest absolute Gasteiger partial charge is 0.385 e. The molecule has 3 unspecified atom stereocenters. The molecule has 0 aliphatic carbocycles. The first kappa shape index (κ1) is 11.0. The Balaban J connectivity index is 2.45. The minimum absolute atomic E-state index is 0.124. The van der Waals surface area contributed by atoms with Crippen molar-refractivity contribution < 1.29 is 14.6 Å². The highest BCUT2D eigenvalue weighted by Gasteiger charge is 2.43. The molecule has 0 aromatic carbocycles. The lowest BCUT2D eigenvalue weighted by molar-refractivity contribution is -0.0967. The predicted octanol–water partition coefficient (Wildman–Crippen LogP) is 1.34. The molecule has 0 amide bonds. The van der Waals surface area contributed by atoms with Crippen molar-refractivity contribution in [2.45, 2.75) is 58.0 Å². The molecule has 1 heterocycles. The smallest absolute Gasteiger partial charge is 0.116 e. The van der Waals surface area contributed by atoms with Crippen LogP contribution in [0.15, 0.2) is 0 Å². The summed E-state index contributed by atoms with van der Waals surface area (Å²) in [5.74, 6) is 0. The molecule has 1 rings (SSSR count). The molecule has 78 valence electrons. The van der Waals surface area contributed by atoms with Crippen molar-refractivity contribution >= 4 is 0 Å². The van der Waals surface area contributed by atoms with E-state index in [1.165, 1.54) is 0 Å².